The highest BCUT2D eigenvalue weighted by Gasteiger charge is 2.25. The van der Waals surface area contributed by atoms with Crippen molar-refractivity contribution in [3.63, 3.8) is 0 Å². The molecule has 0 aliphatic heterocycles. The van der Waals surface area contributed by atoms with Gasteiger partial charge in [0.25, 0.3) is 0 Å². The Morgan fingerprint density at radius 1 is 1.27 bits per heavy atom. The van der Waals surface area contributed by atoms with Crippen LogP contribution in [0, 0.1) is 0 Å². The first-order valence-electron chi connectivity index (χ1n) is 4.40. The lowest BCUT2D eigenvalue weighted by Crippen LogP contribution is -2.20. The minimum absolute atomic E-state index is 0.246. The molecule has 0 aliphatic rings. The standard InChI is InChI=1S/C11H11ClO3/c1-7(13)10(11(14)15-2)8-3-5-9(12)6-4-8/h3-6,10H,1-2H3. The average molecular weight is 227 g/mol. The number of halogens is 1. The van der Waals surface area contributed by atoms with Crippen LogP contribution in [0.1, 0.15) is 18.4 Å². The molecule has 0 saturated heterocycles. The molecule has 1 aromatic carbocycles. The maximum absolute atomic E-state index is 11.4. The van der Waals surface area contributed by atoms with Crippen molar-refractivity contribution in [1.82, 2.24) is 0 Å². The van der Waals surface area contributed by atoms with E-state index in [4.69, 9.17) is 11.6 Å². The molecule has 0 N–H and O–H groups in total. The Balaban J connectivity index is 3.04. The molecule has 80 valence electrons. The first-order valence-corrected chi connectivity index (χ1v) is 4.77. The lowest BCUT2D eigenvalue weighted by atomic mass is 9.96. The highest BCUT2D eigenvalue weighted by atomic mass is 35.5. The summed E-state index contributed by atoms with van der Waals surface area (Å²) in [7, 11) is 1.26. The van der Waals surface area contributed by atoms with Gasteiger partial charge in [-0.25, -0.2) is 0 Å². The molecule has 0 amide bonds. The number of carbonyl (C=O) groups is 2. The molecule has 0 aromatic heterocycles. The zero-order chi connectivity index (χ0) is 11.4. The van der Waals surface area contributed by atoms with E-state index < -0.39 is 11.9 Å². The van der Waals surface area contributed by atoms with Gasteiger partial charge in [-0.2, -0.15) is 0 Å². The average Bonchev–Trinajstić information content (AvgIpc) is 2.20. The van der Waals surface area contributed by atoms with Crippen LogP contribution in [0.4, 0.5) is 0 Å². The van der Waals surface area contributed by atoms with Crippen LogP contribution in [0.3, 0.4) is 0 Å². The maximum Gasteiger partial charge on any atom is 0.320 e. The van der Waals surface area contributed by atoms with Crippen LogP contribution >= 0.6 is 11.6 Å². The fourth-order valence-electron chi connectivity index (χ4n) is 1.31. The molecule has 1 atom stereocenters. The van der Waals surface area contributed by atoms with Crippen molar-refractivity contribution in [3.05, 3.63) is 34.9 Å². The number of hydrogen-bond donors (Lipinski definition) is 0. The van der Waals surface area contributed by atoms with Gasteiger partial charge < -0.3 is 4.74 Å². The van der Waals surface area contributed by atoms with E-state index in [0.717, 1.165) is 0 Å². The van der Waals surface area contributed by atoms with Crippen molar-refractivity contribution in [3.8, 4) is 0 Å². The number of carbonyl (C=O) groups excluding carboxylic acids is 2. The molecule has 0 radical (unpaired) electrons. The van der Waals surface area contributed by atoms with Gasteiger partial charge in [0.2, 0.25) is 0 Å². The van der Waals surface area contributed by atoms with Gasteiger partial charge in [0.15, 0.2) is 0 Å². The van der Waals surface area contributed by atoms with Crippen molar-refractivity contribution in [2.75, 3.05) is 7.11 Å². The Kier molecular flexibility index (Phi) is 3.86. The highest BCUT2D eigenvalue weighted by molar-refractivity contribution is 6.30. The number of Topliss-reactive ketones (excluding diaryl/α,β-unsaturated/α-hetero) is 1. The van der Waals surface area contributed by atoms with Crippen LogP contribution in [-0.2, 0) is 14.3 Å². The number of methoxy groups -OCH3 is 1. The summed E-state index contributed by atoms with van der Waals surface area (Å²) >= 11 is 5.71. The number of hydrogen-bond acceptors (Lipinski definition) is 3. The van der Waals surface area contributed by atoms with E-state index in [-0.39, 0.29) is 5.78 Å². The van der Waals surface area contributed by atoms with Gasteiger partial charge in [0.1, 0.15) is 11.7 Å². The van der Waals surface area contributed by atoms with E-state index in [0.29, 0.717) is 10.6 Å². The molecule has 0 saturated carbocycles. The predicted octanol–water partition coefficient (Wildman–Crippen LogP) is 2.19. The Labute approximate surface area is 93.0 Å². The van der Waals surface area contributed by atoms with Crippen LogP contribution < -0.4 is 0 Å². The van der Waals surface area contributed by atoms with E-state index in [2.05, 4.69) is 4.74 Å². The highest BCUT2D eigenvalue weighted by Crippen LogP contribution is 2.20. The number of ketones is 1. The zero-order valence-electron chi connectivity index (χ0n) is 8.49. The predicted molar refractivity (Wildman–Crippen MR) is 56.9 cm³/mol. The topological polar surface area (TPSA) is 43.4 Å². The molecule has 1 aromatic rings. The minimum Gasteiger partial charge on any atom is -0.468 e. The summed E-state index contributed by atoms with van der Waals surface area (Å²) in [4.78, 5) is 22.7. The SMILES string of the molecule is COC(=O)C(C(C)=O)c1ccc(Cl)cc1. The Hall–Kier alpha value is -1.35. The number of benzene rings is 1. The van der Waals surface area contributed by atoms with Gasteiger partial charge in [0, 0.05) is 5.02 Å². The molecule has 1 rings (SSSR count). The summed E-state index contributed by atoms with van der Waals surface area (Å²) in [6.07, 6.45) is 0. The Morgan fingerprint density at radius 3 is 2.20 bits per heavy atom. The van der Waals surface area contributed by atoms with Crippen molar-refractivity contribution in [2.24, 2.45) is 0 Å². The van der Waals surface area contributed by atoms with Gasteiger partial charge >= 0.3 is 5.97 Å². The zero-order valence-corrected chi connectivity index (χ0v) is 9.25. The van der Waals surface area contributed by atoms with Gasteiger partial charge in [0.05, 0.1) is 7.11 Å². The van der Waals surface area contributed by atoms with Gasteiger partial charge in [-0.1, -0.05) is 23.7 Å². The minimum atomic E-state index is -0.854. The summed E-state index contributed by atoms with van der Waals surface area (Å²) in [6.45, 7) is 1.36. The summed E-state index contributed by atoms with van der Waals surface area (Å²) in [6, 6.07) is 6.56. The van der Waals surface area contributed by atoms with Crippen LogP contribution in [0.25, 0.3) is 0 Å². The number of esters is 1. The second-order valence-electron chi connectivity index (χ2n) is 3.12. The molecule has 0 bridgehead atoms. The lowest BCUT2D eigenvalue weighted by molar-refractivity contribution is -0.145. The van der Waals surface area contributed by atoms with E-state index in [9.17, 15) is 9.59 Å². The van der Waals surface area contributed by atoms with Crippen LogP contribution in [0.15, 0.2) is 24.3 Å². The first kappa shape index (κ1) is 11.7. The van der Waals surface area contributed by atoms with Crippen molar-refractivity contribution < 1.29 is 14.3 Å². The fraction of sp³-hybridized carbons (Fsp3) is 0.273. The Morgan fingerprint density at radius 2 is 1.80 bits per heavy atom. The third-order valence-corrected chi connectivity index (χ3v) is 2.30. The van der Waals surface area contributed by atoms with Crippen molar-refractivity contribution in [1.29, 1.82) is 0 Å². The summed E-state index contributed by atoms with van der Waals surface area (Å²) < 4.78 is 4.57. The molecule has 0 heterocycles. The Bertz CT molecular complexity index is 370. The van der Waals surface area contributed by atoms with Crippen LogP contribution in [-0.4, -0.2) is 18.9 Å². The van der Waals surface area contributed by atoms with Crippen molar-refractivity contribution in [2.45, 2.75) is 12.8 Å². The monoisotopic (exact) mass is 226 g/mol. The molecule has 0 fully saturated rings. The van der Waals surface area contributed by atoms with E-state index in [1.807, 2.05) is 0 Å². The number of ether oxygens (including phenoxy) is 1. The second kappa shape index (κ2) is 4.94. The summed E-state index contributed by atoms with van der Waals surface area (Å²) in [5, 5.41) is 0.561. The molecule has 3 nitrogen and oxygen atoms in total. The lowest BCUT2D eigenvalue weighted by Gasteiger charge is -2.11. The largest absolute Gasteiger partial charge is 0.468 e. The summed E-state index contributed by atoms with van der Waals surface area (Å²) in [5.74, 6) is -1.65. The smallest absolute Gasteiger partial charge is 0.320 e. The van der Waals surface area contributed by atoms with E-state index in [1.165, 1.54) is 14.0 Å². The molecule has 1 unspecified atom stereocenters. The third kappa shape index (κ3) is 2.80. The molecule has 0 aliphatic carbocycles. The van der Waals surface area contributed by atoms with Gasteiger partial charge in [-0.05, 0) is 24.6 Å². The quantitative estimate of drug-likeness (QED) is 0.586. The number of rotatable bonds is 3. The van der Waals surface area contributed by atoms with Crippen LogP contribution in [0.5, 0.6) is 0 Å². The molecule has 15 heavy (non-hydrogen) atoms. The van der Waals surface area contributed by atoms with Gasteiger partial charge in [-0.3, -0.25) is 9.59 Å². The molecular weight excluding hydrogens is 216 g/mol. The third-order valence-electron chi connectivity index (χ3n) is 2.05. The van der Waals surface area contributed by atoms with E-state index >= 15 is 0 Å². The van der Waals surface area contributed by atoms with Gasteiger partial charge in [-0.15, -0.1) is 0 Å². The molecule has 0 spiro atoms. The molecular formula is C11H11ClO3. The molecule has 4 heteroatoms. The second-order valence-corrected chi connectivity index (χ2v) is 3.55. The fourth-order valence-corrected chi connectivity index (χ4v) is 1.44. The first-order chi connectivity index (χ1) is 7.06. The van der Waals surface area contributed by atoms with E-state index in [1.54, 1.807) is 24.3 Å². The maximum atomic E-state index is 11.4. The van der Waals surface area contributed by atoms with Crippen molar-refractivity contribution >= 4 is 23.4 Å². The van der Waals surface area contributed by atoms with Crippen LogP contribution in [0.2, 0.25) is 5.02 Å². The summed E-state index contributed by atoms with van der Waals surface area (Å²) in [5.41, 5.74) is 0.596. The normalized spacial score (nSPS) is 11.9.